The lowest BCUT2D eigenvalue weighted by Gasteiger charge is -2.34. The Hall–Kier alpha value is -2.73. The molecule has 2 atom stereocenters. The summed E-state index contributed by atoms with van der Waals surface area (Å²) in [5.41, 5.74) is 1.11. The number of rotatable bonds is 9. The molecule has 0 radical (unpaired) electrons. The second-order valence-electron chi connectivity index (χ2n) is 10.2. The highest BCUT2D eigenvalue weighted by Gasteiger charge is 2.32. The van der Waals surface area contributed by atoms with E-state index in [1.807, 2.05) is 25.1 Å². The molecule has 4 rings (SSSR count). The summed E-state index contributed by atoms with van der Waals surface area (Å²) in [5.74, 6) is 1.55. The van der Waals surface area contributed by atoms with Gasteiger partial charge in [0.1, 0.15) is 0 Å². The lowest BCUT2D eigenvalue weighted by atomic mass is 9.94. The lowest BCUT2D eigenvalue weighted by molar-refractivity contribution is 0.0985. The van der Waals surface area contributed by atoms with E-state index in [2.05, 4.69) is 13.8 Å². The molecule has 2 heterocycles. The zero-order chi connectivity index (χ0) is 27.6. The Morgan fingerprint density at radius 2 is 1.63 bits per heavy atom. The van der Waals surface area contributed by atoms with Crippen LogP contribution in [0.1, 0.15) is 30.6 Å². The van der Waals surface area contributed by atoms with E-state index in [-0.39, 0.29) is 10.8 Å². The Bertz CT molecular complexity index is 1340. The second kappa shape index (κ2) is 11.6. The van der Waals surface area contributed by atoms with Gasteiger partial charge < -0.3 is 14.4 Å². The minimum absolute atomic E-state index is 0.203. The molecule has 11 heteroatoms. The van der Waals surface area contributed by atoms with Crippen molar-refractivity contribution in [2.75, 3.05) is 59.4 Å². The van der Waals surface area contributed by atoms with Crippen molar-refractivity contribution in [3.05, 3.63) is 42.0 Å². The molecule has 0 aliphatic carbocycles. The zero-order valence-electron chi connectivity index (χ0n) is 22.8. The van der Waals surface area contributed by atoms with Gasteiger partial charge in [-0.2, -0.15) is 4.31 Å². The number of sulfonamides is 1. The zero-order valence-corrected chi connectivity index (χ0v) is 24.4. The van der Waals surface area contributed by atoms with Crippen LogP contribution in [0.4, 0.5) is 5.13 Å². The summed E-state index contributed by atoms with van der Waals surface area (Å²) in [6.07, 6.45) is 1.02. The van der Waals surface area contributed by atoms with Gasteiger partial charge in [-0.15, -0.1) is 0 Å². The normalized spacial score (nSPS) is 18.6. The number of carbonyl (C=O) groups excluding carboxylic acids is 1. The predicted octanol–water partition coefficient (Wildman–Crippen LogP) is 4.19. The quantitative estimate of drug-likeness (QED) is 0.388. The van der Waals surface area contributed by atoms with Crippen molar-refractivity contribution in [3.8, 4) is 11.5 Å². The smallest absolute Gasteiger partial charge is 0.260 e. The van der Waals surface area contributed by atoms with Crippen LogP contribution in [0.25, 0.3) is 10.2 Å². The summed E-state index contributed by atoms with van der Waals surface area (Å²) in [6, 6.07) is 9.90. The Kier molecular flexibility index (Phi) is 8.61. The number of aromatic nitrogens is 1. The number of hydrogen-bond donors (Lipinski definition) is 0. The van der Waals surface area contributed by atoms with Crippen LogP contribution in [0.3, 0.4) is 0 Å². The van der Waals surface area contributed by atoms with Gasteiger partial charge in [0.2, 0.25) is 10.0 Å². The molecule has 0 saturated carbocycles. The largest absolute Gasteiger partial charge is 0.493 e. The van der Waals surface area contributed by atoms with Gasteiger partial charge in [-0.05, 0) is 56.6 Å². The Balaban J connectivity index is 1.63. The van der Waals surface area contributed by atoms with E-state index in [0.717, 1.165) is 11.1 Å². The molecule has 0 spiro atoms. The van der Waals surface area contributed by atoms with Crippen LogP contribution in [-0.2, 0) is 10.0 Å². The molecule has 206 valence electrons. The molecule has 2 unspecified atom stereocenters. The van der Waals surface area contributed by atoms with Gasteiger partial charge in [0, 0.05) is 43.9 Å². The Morgan fingerprint density at radius 3 is 2.21 bits per heavy atom. The van der Waals surface area contributed by atoms with E-state index in [4.69, 9.17) is 14.5 Å². The average molecular weight is 561 g/mol. The first-order valence-corrected chi connectivity index (χ1v) is 14.9. The number of hydrogen-bond acceptors (Lipinski definition) is 8. The van der Waals surface area contributed by atoms with Crippen molar-refractivity contribution in [2.24, 2.45) is 11.8 Å². The van der Waals surface area contributed by atoms with Crippen LogP contribution in [0, 0.1) is 11.8 Å². The Morgan fingerprint density at radius 1 is 1.03 bits per heavy atom. The fourth-order valence-electron chi connectivity index (χ4n) is 4.82. The third-order valence-corrected chi connectivity index (χ3v) is 9.59. The number of anilines is 1. The van der Waals surface area contributed by atoms with Crippen LogP contribution >= 0.6 is 11.3 Å². The number of nitrogens with zero attached hydrogens (tertiary/aromatic N) is 4. The predicted molar refractivity (Wildman–Crippen MR) is 151 cm³/mol. The Labute approximate surface area is 229 Å². The highest BCUT2D eigenvalue weighted by atomic mass is 32.2. The molecule has 0 N–H and O–H groups in total. The molecule has 1 aromatic heterocycles. The van der Waals surface area contributed by atoms with E-state index < -0.39 is 10.0 Å². The van der Waals surface area contributed by atoms with Gasteiger partial charge in [-0.25, -0.2) is 13.4 Å². The molecule has 9 nitrogen and oxygen atoms in total. The molecule has 3 aromatic rings. The molecular formula is C27H36N4O5S2. The van der Waals surface area contributed by atoms with E-state index in [0.29, 0.717) is 65.7 Å². The number of benzene rings is 2. The minimum Gasteiger partial charge on any atom is -0.493 e. The number of piperidine rings is 1. The van der Waals surface area contributed by atoms with Crippen LogP contribution in [0.15, 0.2) is 41.3 Å². The average Bonchev–Trinajstić information content (AvgIpc) is 3.29. The van der Waals surface area contributed by atoms with Gasteiger partial charge in [0.15, 0.2) is 16.6 Å². The van der Waals surface area contributed by atoms with E-state index >= 15 is 0 Å². The first-order chi connectivity index (χ1) is 18.0. The molecule has 1 amide bonds. The van der Waals surface area contributed by atoms with Gasteiger partial charge >= 0.3 is 0 Å². The molecule has 38 heavy (non-hydrogen) atoms. The van der Waals surface area contributed by atoms with E-state index in [9.17, 15) is 13.2 Å². The van der Waals surface area contributed by atoms with Crippen molar-refractivity contribution >= 4 is 42.6 Å². The number of likely N-dealkylation sites (N-methyl/N-ethyl adjacent to an activating group) is 1. The molecule has 1 saturated heterocycles. The van der Waals surface area contributed by atoms with E-state index in [1.165, 1.54) is 23.5 Å². The standard InChI is InChI=1S/C27H36N4O5S2/c1-18-13-19(2)17-30(16-18)38(33,34)21-9-7-20(8-10-21)26(32)31(12-11-29(3)4)27-28-22-14-23(35-5)24(36-6)15-25(22)37-27/h7-10,14-15,18-19H,11-13,16-17H2,1-6H3. The van der Waals surface area contributed by atoms with Crippen molar-refractivity contribution in [2.45, 2.75) is 25.2 Å². The maximum atomic E-state index is 13.7. The molecule has 2 aromatic carbocycles. The van der Waals surface area contributed by atoms with Crippen LogP contribution in [-0.4, -0.2) is 83.0 Å². The number of fused-ring (bicyclic) bond motifs is 1. The van der Waals surface area contributed by atoms with Crippen molar-refractivity contribution in [1.29, 1.82) is 0 Å². The van der Waals surface area contributed by atoms with Gasteiger partial charge in [0.25, 0.3) is 5.91 Å². The fraction of sp³-hybridized carbons (Fsp3) is 0.481. The molecule has 1 aliphatic heterocycles. The molecule has 0 bridgehead atoms. The topological polar surface area (TPSA) is 92.3 Å². The third kappa shape index (κ3) is 5.96. The maximum Gasteiger partial charge on any atom is 0.260 e. The third-order valence-electron chi connectivity index (χ3n) is 6.70. The van der Waals surface area contributed by atoms with Gasteiger partial charge in [-0.1, -0.05) is 25.2 Å². The van der Waals surface area contributed by atoms with Gasteiger partial charge in [0.05, 0.1) is 29.3 Å². The lowest BCUT2D eigenvalue weighted by Crippen LogP contribution is -2.42. The molecule has 1 fully saturated rings. The summed E-state index contributed by atoms with van der Waals surface area (Å²) in [6.45, 7) is 6.24. The second-order valence-corrected chi connectivity index (χ2v) is 13.2. The van der Waals surface area contributed by atoms with Crippen LogP contribution in [0.5, 0.6) is 11.5 Å². The minimum atomic E-state index is -3.63. The monoisotopic (exact) mass is 560 g/mol. The number of ether oxygens (including phenoxy) is 2. The fourth-order valence-corrected chi connectivity index (χ4v) is 7.50. The first-order valence-electron chi connectivity index (χ1n) is 12.6. The van der Waals surface area contributed by atoms with Crippen molar-refractivity contribution in [1.82, 2.24) is 14.2 Å². The number of amides is 1. The van der Waals surface area contributed by atoms with Gasteiger partial charge in [-0.3, -0.25) is 9.69 Å². The highest BCUT2D eigenvalue weighted by molar-refractivity contribution is 7.89. The number of carbonyl (C=O) groups is 1. The van der Waals surface area contributed by atoms with Crippen molar-refractivity contribution in [3.63, 3.8) is 0 Å². The highest BCUT2D eigenvalue weighted by Crippen LogP contribution is 2.37. The van der Waals surface area contributed by atoms with Crippen LogP contribution < -0.4 is 14.4 Å². The summed E-state index contributed by atoms with van der Waals surface area (Å²) in [4.78, 5) is 22.3. The number of thiazole rings is 1. The summed E-state index contributed by atoms with van der Waals surface area (Å²) >= 11 is 1.39. The summed E-state index contributed by atoms with van der Waals surface area (Å²) in [5, 5.41) is 0.551. The van der Waals surface area contributed by atoms with E-state index in [1.54, 1.807) is 41.6 Å². The molecular weight excluding hydrogens is 524 g/mol. The SMILES string of the molecule is COc1cc2nc(N(CCN(C)C)C(=O)c3ccc(S(=O)(=O)N4CC(C)CC(C)C4)cc3)sc2cc1OC. The maximum absolute atomic E-state index is 13.7. The molecule has 1 aliphatic rings. The summed E-state index contributed by atoms with van der Waals surface area (Å²) in [7, 11) is 3.41. The summed E-state index contributed by atoms with van der Waals surface area (Å²) < 4.78 is 39.8. The number of methoxy groups -OCH3 is 2. The van der Waals surface area contributed by atoms with Crippen LogP contribution in [0.2, 0.25) is 0 Å². The van der Waals surface area contributed by atoms with Crippen molar-refractivity contribution < 1.29 is 22.7 Å². The first kappa shape index (κ1) is 28.3.